The van der Waals surface area contributed by atoms with Crippen molar-refractivity contribution in [2.75, 3.05) is 20.1 Å². The molecule has 2 heterocycles. The number of hydrogen-bond acceptors (Lipinski definition) is 4. The summed E-state index contributed by atoms with van der Waals surface area (Å²) in [5, 5.41) is 10.3. The van der Waals surface area contributed by atoms with E-state index in [1.54, 1.807) is 0 Å². The molecule has 1 aliphatic heterocycles. The van der Waals surface area contributed by atoms with Crippen LogP contribution in [0.2, 0.25) is 15.1 Å². The quantitative estimate of drug-likeness (QED) is 0.164. The van der Waals surface area contributed by atoms with Crippen molar-refractivity contribution in [2.24, 2.45) is 0 Å². The van der Waals surface area contributed by atoms with Crippen LogP contribution in [-0.2, 0) is 10.0 Å². The van der Waals surface area contributed by atoms with Gasteiger partial charge < -0.3 is 5.32 Å². The summed E-state index contributed by atoms with van der Waals surface area (Å²) in [5.74, 6) is -0.338. The molecule has 2 aliphatic rings. The van der Waals surface area contributed by atoms with Crippen molar-refractivity contribution in [2.45, 2.75) is 48.5 Å². The molecule has 1 aromatic heterocycles. The zero-order chi connectivity index (χ0) is 32.9. The van der Waals surface area contributed by atoms with Gasteiger partial charge >= 0.3 is 0 Å². The summed E-state index contributed by atoms with van der Waals surface area (Å²) in [7, 11) is -2.34. The lowest BCUT2D eigenvalue weighted by atomic mass is 9.84. The minimum absolute atomic E-state index is 0.0443. The van der Waals surface area contributed by atoms with Crippen molar-refractivity contribution in [3.63, 3.8) is 0 Å². The summed E-state index contributed by atoms with van der Waals surface area (Å²) in [4.78, 5) is 12.4. The van der Waals surface area contributed by atoms with Crippen LogP contribution in [0.25, 0.3) is 10.9 Å². The summed E-state index contributed by atoms with van der Waals surface area (Å²) in [6, 6.07) is 27.1. The van der Waals surface area contributed by atoms with E-state index in [1.165, 1.54) is 35.2 Å². The number of nitrogens with one attached hydrogen (secondary N) is 1. The second-order valence-corrected chi connectivity index (χ2v) is 15.5. The number of fused-ring (bicyclic) bond motifs is 1. The summed E-state index contributed by atoms with van der Waals surface area (Å²) < 4.78 is 31.1. The molecule has 5 aromatic rings. The van der Waals surface area contributed by atoms with Crippen molar-refractivity contribution in [1.29, 1.82) is 0 Å². The largest absolute Gasteiger partial charge is 0.355 e. The predicted molar refractivity (Wildman–Crippen MR) is 187 cm³/mol. The van der Waals surface area contributed by atoms with Gasteiger partial charge in [-0.3, -0.25) is 9.48 Å². The van der Waals surface area contributed by atoms with Gasteiger partial charge in [0.2, 0.25) is 10.0 Å². The molecule has 0 unspecified atom stereocenters. The predicted octanol–water partition coefficient (Wildman–Crippen LogP) is 8.44. The van der Waals surface area contributed by atoms with Gasteiger partial charge in [-0.25, -0.2) is 8.42 Å². The standard InChI is InChI=1S/C36H33Cl3N4O3S/c1-40-36(44)30-21-29(13-14-32(30)39)47(45,46)42-18-16-24(17-19-42)35-31-20-25(6-15-33(31)41-43(35)28-11-12-28)34(22-2-7-26(37)8-3-22)23-4-9-27(38)10-5-23/h2-10,13-15,20-21,24,28,34H,11-12,16-19H2,1H3,(H,40,44). The van der Waals surface area contributed by atoms with E-state index in [1.807, 2.05) is 24.3 Å². The molecule has 7 nitrogen and oxygen atoms in total. The van der Waals surface area contributed by atoms with Crippen LogP contribution in [0.4, 0.5) is 0 Å². The maximum Gasteiger partial charge on any atom is 0.252 e. The molecular formula is C36H33Cl3N4O3S. The number of carbonyl (C=O) groups excluding carboxylic acids is 1. The molecule has 2 fully saturated rings. The van der Waals surface area contributed by atoms with Crippen molar-refractivity contribution in [3.05, 3.63) is 128 Å². The molecule has 1 N–H and O–H groups in total. The number of amides is 1. The van der Waals surface area contributed by atoms with Gasteiger partial charge in [-0.15, -0.1) is 0 Å². The fourth-order valence-corrected chi connectivity index (χ4v) is 8.66. The smallest absolute Gasteiger partial charge is 0.252 e. The maximum atomic E-state index is 13.7. The normalized spacial score (nSPS) is 16.2. The van der Waals surface area contributed by atoms with Crippen LogP contribution < -0.4 is 5.32 Å². The van der Waals surface area contributed by atoms with Crippen LogP contribution in [0.3, 0.4) is 0 Å². The molecule has 4 aromatic carbocycles. The zero-order valence-corrected chi connectivity index (χ0v) is 28.8. The van der Waals surface area contributed by atoms with Crippen LogP contribution in [0.1, 0.15) is 76.3 Å². The first-order chi connectivity index (χ1) is 22.6. The molecule has 0 bridgehead atoms. The van der Waals surface area contributed by atoms with Crippen LogP contribution in [-0.4, -0.2) is 48.5 Å². The van der Waals surface area contributed by atoms with E-state index in [9.17, 15) is 13.2 Å². The summed E-state index contributed by atoms with van der Waals surface area (Å²) in [5.41, 5.74) is 5.63. The Balaban J connectivity index is 1.22. The molecule has 47 heavy (non-hydrogen) atoms. The molecule has 1 aliphatic carbocycles. The van der Waals surface area contributed by atoms with Crippen molar-refractivity contribution >= 4 is 61.6 Å². The molecule has 7 rings (SSSR count). The second kappa shape index (κ2) is 12.9. The van der Waals surface area contributed by atoms with Crippen LogP contribution >= 0.6 is 34.8 Å². The fraction of sp³-hybridized carbons (Fsp3) is 0.278. The summed E-state index contributed by atoms with van der Waals surface area (Å²) in [6.07, 6.45) is 3.49. The average Bonchev–Trinajstić information content (AvgIpc) is 3.86. The minimum Gasteiger partial charge on any atom is -0.355 e. The van der Waals surface area contributed by atoms with E-state index in [-0.39, 0.29) is 27.3 Å². The monoisotopic (exact) mass is 706 g/mol. The van der Waals surface area contributed by atoms with E-state index in [0.29, 0.717) is 42.0 Å². The summed E-state index contributed by atoms with van der Waals surface area (Å²) in [6.45, 7) is 0.722. The van der Waals surface area contributed by atoms with Gasteiger partial charge in [0.15, 0.2) is 0 Å². The van der Waals surface area contributed by atoms with Gasteiger partial charge in [0.05, 0.1) is 27.0 Å². The maximum absolute atomic E-state index is 13.7. The van der Waals surface area contributed by atoms with E-state index < -0.39 is 15.9 Å². The van der Waals surface area contributed by atoms with E-state index in [0.717, 1.165) is 40.4 Å². The Morgan fingerprint density at radius 3 is 1.98 bits per heavy atom. The molecular weight excluding hydrogens is 675 g/mol. The number of halogens is 3. The highest BCUT2D eigenvalue weighted by molar-refractivity contribution is 7.89. The number of benzene rings is 4. The van der Waals surface area contributed by atoms with E-state index >= 15 is 0 Å². The Kier molecular flexibility index (Phi) is 8.83. The molecule has 11 heteroatoms. The second-order valence-electron chi connectivity index (χ2n) is 12.3. The molecule has 1 saturated heterocycles. The molecule has 0 atom stereocenters. The minimum atomic E-state index is -3.82. The highest BCUT2D eigenvalue weighted by Gasteiger charge is 2.36. The van der Waals surface area contributed by atoms with Crippen LogP contribution in [0.5, 0.6) is 0 Å². The number of carbonyl (C=O) groups is 1. The lowest BCUT2D eigenvalue weighted by Gasteiger charge is -2.32. The first-order valence-corrected chi connectivity index (χ1v) is 18.3. The Hall–Kier alpha value is -3.40. The van der Waals surface area contributed by atoms with Gasteiger partial charge in [-0.1, -0.05) is 65.1 Å². The lowest BCUT2D eigenvalue weighted by molar-refractivity contribution is 0.0963. The van der Waals surface area contributed by atoms with Crippen molar-refractivity contribution in [1.82, 2.24) is 19.4 Å². The van der Waals surface area contributed by atoms with Crippen LogP contribution in [0.15, 0.2) is 89.8 Å². The van der Waals surface area contributed by atoms with E-state index in [4.69, 9.17) is 39.9 Å². The van der Waals surface area contributed by atoms with Gasteiger partial charge in [0.25, 0.3) is 5.91 Å². The number of rotatable bonds is 8. The highest BCUT2D eigenvalue weighted by Crippen LogP contribution is 2.44. The van der Waals surface area contributed by atoms with Crippen molar-refractivity contribution in [3.8, 4) is 0 Å². The van der Waals surface area contributed by atoms with Crippen molar-refractivity contribution < 1.29 is 13.2 Å². The van der Waals surface area contributed by atoms with Gasteiger partial charge in [-0.05, 0) is 97.0 Å². The lowest BCUT2D eigenvalue weighted by Crippen LogP contribution is -2.38. The third kappa shape index (κ3) is 6.30. The van der Waals surface area contributed by atoms with Gasteiger partial charge in [0, 0.05) is 53.1 Å². The number of piperidine rings is 1. The van der Waals surface area contributed by atoms with Gasteiger partial charge in [0.1, 0.15) is 0 Å². The zero-order valence-electron chi connectivity index (χ0n) is 25.7. The van der Waals surface area contributed by atoms with Gasteiger partial charge in [-0.2, -0.15) is 9.40 Å². The molecule has 1 amide bonds. The van der Waals surface area contributed by atoms with Crippen LogP contribution in [0, 0.1) is 0 Å². The molecule has 242 valence electrons. The first kappa shape index (κ1) is 32.2. The highest BCUT2D eigenvalue weighted by atomic mass is 35.5. The summed E-state index contributed by atoms with van der Waals surface area (Å²) >= 11 is 18.7. The first-order valence-electron chi connectivity index (χ1n) is 15.7. The van der Waals surface area contributed by atoms with E-state index in [2.05, 4.69) is 52.5 Å². The Morgan fingerprint density at radius 2 is 1.40 bits per heavy atom. The average molecular weight is 708 g/mol. The third-order valence-electron chi connectivity index (χ3n) is 9.28. The number of sulfonamides is 1. The fourth-order valence-electron chi connectivity index (χ4n) is 6.70. The molecule has 0 spiro atoms. The third-order valence-corrected chi connectivity index (χ3v) is 12.0. The number of hydrogen-bond donors (Lipinski definition) is 1. The Bertz CT molecular complexity index is 2020. The Morgan fingerprint density at radius 1 is 0.809 bits per heavy atom. The Labute approximate surface area is 289 Å². The topological polar surface area (TPSA) is 84.3 Å². The number of nitrogens with zero attached hydrogens (tertiary/aromatic N) is 3. The molecule has 1 saturated carbocycles. The molecule has 0 radical (unpaired) electrons. The SMILES string of the molecule is CNC(=O)c1cc(S(=O)(=O)N2CCC(c3c4cc(C(c5ccc(Cl)cc5)c5ccc(Cl)cc5)ccc4nn3C3CC3)CC2)ccc1Cl. The number of aromatic nitrogens is 2.